The Bertz CT molecular complexity index is 510. The molecule has 6 heteroatoms. The summed E-state index contributed by atoms with van der Waals surface area (Å²) in [6.07, 6.45) is -3.00. The Morgan fingerprint density at radius 2 is 1.95 bits per heavy atom. The van der Waals surface area contributed by atoms with Crippen molar-refractivity contribution in [1.29, 1.82) is 0 Å². The first-order chi connectivity index (χ1) is 10.1. The molecule has 0 aromatic heterocycles. The van der Waals surface area contributed by atoms with Gasteiger partial charge in [-0.25, -0.2) is 4.79 Å². The number of aliphatic hydroxyl groups excluding tert-OH is 3. The fourth-order valence-electron chi connectivity index (χ4n) is 1.88. The van der Waals surface area contributed by atoms with E-state index < -0.39 is 23.9 Å². The minimum atomic E-state index is -1.18. The van der Waals surface area contributed by atoms with Crippen molar-refractivity contribution in [2.45, 2.75) is 52.1 Å². The number of hydrogen-bond acceptors (Lipinski definition) is 5. The number of benzene rings is 1. The molecule has 0 heterocycles. The van der Waals surface area contributed by atoms with Crippen LogP contribution in [-0.4, -0.2) is 39.7 Å². The largest absolute Gasteiger partial charge is 0.444 e. The summed E-state index contributed by atoms with van der Waals surface area (Å²) in [5, 5.41) is 31.7. The van der Waals surface area contributed by atoms with Gasteiger partial charge in [-0.15, -0.1) is 0 Å². The lowest BCUT2D eigenvalue weighted by Gasteiger charge is -2.22. The van der Waals surface area contributed by atoms with Gasteiger partial charge in [0.1, 0.15) is 17.8 Å². The van der Waals surface area contributed by atoms with Crippen LogP contribution in [0.2, 0.25) is 0 Å². The number of hydrogen-bond donors (Lipinski definition) is 4. The first-order valence-corrected chi connectivity index (χ1v) is 7.17. The van der Waals surface area contributed by atoms with Gasteiger partial charge < -0.3 is 25.4 Å². The topological polar surface area (TPSA) is 99.0 Å². The van der Waals surface area contributed by atoms with Crippen molar-refractivity contribution in [2.75, 3.05) is 6.54 Å². The lowest BCUT2D eigenvalue weighted by Crippen LogP contribution is -2.38. The number of carbonyl (C=O) groups is 1. The average Bonchev–Trinajstić information content (AvgIpc) is 2.42. The summed E-state index contributed by atoms with van der Waals surface area (Å²) in [6.45, 7) is 6.78. The Hall–Kier alpha value is -1.63. The summed E-state index contributed by atoms with van der Waals surface area (Å²) in [6, 6.07) is 5.07. The van der Waals surface area contributed by atoms with Gasteiger partial charge in [-0.05, 0) is 44.4 Å². The van der Waals surface area contributed by atoms with Crippen LogP contribution in [0, 0.1) is 6.92 Å². The maximum atomic E-state index is 11.5. The number of aryl methyl sites for hydroxylation is 1. The summed E-state index contributed by atoms with van der Waals surface area (Å²) in [5.41, 5.74) is 1.44. The number of nitrogens with one attached hydrogen (secondary N) is 1. The van der Waals surface area contributed by atoms with Crippen LogP contribution in [0.1, 0.15) is 43.6 Å². The summed E-state index contributed by atoms with van der Waals surface area (Å²) in [5.74, 6) is 0. The van der Waals surface area contributed by atoms with E-state index >= 15 is 0 Å². The zero-order valence-electron chi connectivity index (χ0n) is 13.5. The summed E-state index contributed by atoms with van der Waals surface area (Å²) in [4.78, 5) is 11.5. The van der Waals surface area contributed by atoms with Crippen molar-refractivity contribution in [3.8, 4) is 0 Å². The van der Waals surface area contributed by atoms with E-state index in [0.29, 0.717) is 11.1 Å². The third-order valence-corrected chi connectivity index (χ3v) is 3.10. The zero-order chi connectivity index (χ0) is 16.9. The molecule has 0 saturated heterocycles. The summed E-state index contributed by atoms with van der Waals surface area (Å²) < 4.78 is 5.05. The molecule has 1 rings (SSSR count). The molecule has 0 saturated carbocycles. The quantitative estimate of drug-likeness (QED) is 0.659. The minimum absolute atomic E-state index is 0.140. The molecule has 1 aromatic rings. The third-order valence-electron chi connectivity index (χ3n) is 3.10. The highest BCUT2D eigenvalue weighted by Crippen LogP contribution is 2.20. The molecule has 2 unspecified atom stereocenters. The monoisotopic (exact) mass is 311 g/mol. The molecule has 6 nitrogen and oxygen atoms in total. The van der Waals surface area contributed by atoms with E-state index in [9.17, 15) is 20.1 Å². The van der Waals surface area contributed by atoms with Crippen LogP contribution in [0.5, 0.6) is 0 Å². The van der Waals surface area contributed by atoms with Crippen LogP contribution < -0.4 is 5.32 Å². The smallest absolute Gasteiger partial charge is 0.407 e. The Labute approximate surface area is 130 Å². The van der Waals surface area contributed by atoms with Gasteiger partial charge in [-0.3, -0.25) is 0 Å². The molecule has 0 spiro atoms. The van der Waals surface area contributed by atoms with Gasteiger partial charge in [-0.2, -0.15) is 0 Å². The van der Waals surface area contributed by atoms with E-state index in [1.165, 1.54) is 0 Å². The highest BCUT2D eigenvalue weighted by Gasteiger charge is 2.21. The van der Waals surface area contributed by atoms with E-state index in [0.717, 1.165) is 5.56 Å². The predicted molar refractivity (Wildman–Crippen MR) is 82.3 cm³/mol. The SMILES string of the molecule is Cc1ccc(C(O)C(O)CNC(=O)OC(C)(C)C)cc1CO. The second kappa shape index (κ2) is 7.58. The fraction of sp³-hybridized carbons (Fsp3) is 0.562. The molecule has 0 bridgehead atoms. The molecule has 22 heavy (non-hydrogen) atoms. The van der Waals surface area contributed by atoms with Crippen molar-refractivity contribution < 1.29 is 24.9 Å². The van der Waals surface area contributed by atoms with E-state index in [-0.39, 0.29) is 13.2 Å². The van der Waals surface area contributed by atoms with Gasteiger partial charge in [0, 0.05) is 6.54 Å². The Morgan fingerprint density at radius 3 is 2.50 bits per heavy atom. The third kappa shape index (κ3) is 5.63. The zero-order valence-corrected chi connectivity index (χ0v) is 13.5. The number of aliphatic hydroxyl groups is 3. The molecule has 1 aromatic carbocycles. The highest BCUT2D eigenvalue weighted by atomic mass is 16.6. The van der Waals surface area contributed by atoms with Crippen molar-refractivity contribution >= 4 is 6.09 Å². The summed E-state index contributed by atoms with van der Waals surface area (Å²) >= 11 is 0. The van der Waals surface area contributed by atoms with Crippen LogP contribution in [-0.2, 0) is 11.3 Å². The number of carbonyl (C=O) groups excluding carboxylic acids is 1. The highest BCUT2D eigenvalue weighted by molar-refractivity contribution is 5.67. The molecule has 1 amide bonds. The Morgan fingerprint density at radius 1 is 1.32 bits per heavy atom. The van der Waals surface area contributed by atoms with Gasteiger partial charge in [0.25, 0.3) is 0 Å². The first kappa shape index (κ1) is 18.4. The Kier molecular flexibility index (Phi) is 6.34. The van der Waals surface area contributed by atoms with Crippen molar-refractivity contribution in [2.24, 2.45) is 0 Å². The average molecular weight is 311 g/mol. The van der Waals surface area contributed by atoms with Crippen LogP contribution in [0.3, 0.4) is 0 Å². The minimum Gasteiger partial charge on any atom is -0.444 e. The fourth-order valence-corrected chi connectivity index (χ4v) is 1.88. The molecule has 2 atom stereocenters. The van der Waals surface area contributed by atoms with E-state index in [1.807, 2.05) is 6.92 Å². The van der Waals surface area contributed by atoms with Crippen molar-refractivity contribution in [3.63, 3.8) is 0 Å². The second-order valence-corrected chi connectivity index (χ2v) is 6.24. The molecule has 0 aliphatic rings. The molecule has 0 fully saturated rings. The number of rotatable bonds is 5. The van der Waals surface area contributed by atoms with Crippen LogP contribution in [0.15, 0.2) is 18.2 Å². The molecule has 4 N–H and O–H groups in total. The van der Waals surface area contributed by atoms with Crippen LogP contribution in [0.25, 0.3) is 0 Å². The van der Waals surface area contributed by atoms with E-state index in [4.69, 9.17) is 4.74 Å². The number of ether oxygens (including phenoxy) is 1. The maximum absolute atomic E-state index is 11.5. The molecule has 0 aliphatic heterocycles. The molecule has 0 radical (unpaired) electrons. The number of alkyl carbamates (subject to hydrolysis) is 1. The van der Waals surface area contributed by atoms with Gasteiger partial charge >= 0.3 is 6.09 Å². The molecule has 124 valence electrons. The van der Waals surface area contributed by atoms with Crippen molar-refractivity contribution in [3.05, 3.63) is 34.9 Å². The lowest BCUT2D eigenvalue weighted by molar-refractivity contribution is 0.0128. The standard InChI is InChI=1S/C16H25NO5/c1-10-5-6-11(7-12(10)9-18)14(20)13(19)8-17-15(21)22-16(2,3)4/h5-7,13-14,18-20H,8-9H2,1-4H3,(H,17,21). The van der Waals surface area contributed by atoms with E-state index in [2.05, 4.69) is 5.32 Å². The number of amides is 1. The van der Waals surface area contributed by atoms with Gasteiger partial charge in [-0.1, -0.05) is 18.2 Å². The van der Waals surface area contributed by atoms with Crippen LogP contribution >= 0.6 is 0 Å². The first-order valence-electron chi connectivity index (χ1n) is 7.17. The molecular weight excluding hydrogens is 286 g/mol. The Balaban J connectivity index is 2.62. The summed E-state index contributed by atoms with van der Waals surface area (Å²) in [7, 11) is 0. The van der Waals surface area contributed by atoms with Gasteiger partial charge in [0.2, 0.25) is 0 Å². The van der Waals surface area contributed by atoms with Crippen LogP contribution in [0.4, 0.5) is 4.79 Å². The molecule has 0 aliphatic carbocycles. The van der Waals surface area contributed by atoms with E-state index in [1.54, 1.807) is 39.0 Å². The maximum Gasteiger partial charge on any atom is 0.407 e. The van der Waals surface area contributed by atoms with Crippen molar-refractivity contribution in [1.82, 2.24) is 5.32 Å². The lowest BCUT2D eigenvalue weighted by atomic mass is 9.99. The van der Waals surface area contributed by atoms with Gasteiger partial charge in [0.15, 0.2) is 0 Å². The van der Waals surface area contributed by atoms with Gasteiger partial charge in [0.05, 0.1) is 6.61 Å². The second-order valence-electron chi connectivity index (χ2n) is 6.24. The molecular formula is C16H25NO5. The normalized spacial score (nSPS) is 14.3. The predicted octanol–water partition coefficient (Wildman–Crippen LogP) is 1.41.